The van der Waals surface area contributed by atoms with Crippen molar-refractivity contribution < 1.29 is 9.53 Å². The van der Waals surface area contributed by atoms with E-state index in [1.807, 2.05) is 6.07 Å². The van der Waals surface area contributed by atoms with E-state index in [0.29, 0.717) is 29.7 Å². The molecule has 1 saturated heterocycles. The van der Waals surface area contributed by atoms with Crippen molar-refractivity contribution in [3.8, 4) is 5.75 Å². The Morgan fingerprint density at radius 1 is 1.41 bits per heavy atom. The maximum atomic E-state index is 11.9. The van der Waals surface area contributed by atoms with Crippen molar-refractivity contribution >= 4 is 29.9 Å². The Bertz CT molecular complexity index is 477. The molecule has 1 heterocycles. The van der Waals surface area contributed by atoms with Crippen LogP contribution in [0.3, 0.4) is 0 Å². The molecule has 0 aliphatic carbocycles. The number of halogens is 2. The van der Waals surface area contributed by atoms with Crippen LogP contribution in [-0.4, -0.2) is 26.1 Å². The van der Waals surface area contributed by atoms with Crippen LogP contribution >= 0.6 is 24.0 Å². The van der Waals surface area contributed by atoms with Gasteiger partial charge in [0.25, 0.3) is 0 Å². The number of ether oxygens (including phenoxy) is 1. The number of piperidine rings is 1. The molecular weight excluding hydrogens is 323 g/mol. The van der Waals surface area contributed by atoms with Crippen LogP contribution in [0, 0.1) is 5.92 Å². The van der Waals surface area contributed by atoms with Crippen molar-refractivity contribution in [3.05, 3.63) is 28.8 Å². The van der Waals surface area contributed by atoms with E-state index in [0.717, 1.165) is 25.1 Å². The first kappa shape index (κ1) is 19.1. The van der Waals surface area contributed by atoms with Gasteiger partial charge in [0.15, 0.2) is 0 Å². The van der Waals surface area contributed by atoms with Gasteiger partial charge in [0, 0.05) is 23.6 Å². The second kappa shape index (κ2) is 9.93. The Balaban J connectivity index is 0.00000242. The number of rotatable bonds is 6. The van der Waals surface area contributed by atoms with Gasteiger partial charge < -0.3 is 15.4 Å². The summed E-state index contributed by atoms with van der Waals surface area (Å²) in [5.41, 5.74) is 0.942. The molecule has 0 radical (unpaired) electrons. The maximum Gasteiger partial charge on any atom is 0.220 e. The molecule has 124 valence electrons. The highest BCUT2D eigenvalue weighted by Crippen LogP contribution is 2.23. The number of carbonyl (C=O) groups excluding carboxylic acids is 1. The van der Waals surface area contributed by atoms with E-state index in [1.165, 1.54) is 12.8 Å². The summed E-state index contributed by atoms with van der Waals surface area (Å²) in [6, 6.07) is 5.45. The zero-order valence-electron chi connectivity index (χ0n) is 12.9. The van der Waals surface area contributed by atoms with Crippen molar-refractivity contribution in [2.75, 3.05) is 20.2 Å². The van der Waals surface area contributed by atoms with Gasteiger partial charge in [0.2, 0.25) is 5.91 Å². The number of methoxy groups -OCH3 is 1. The third-order valence-electron chi connectivity index (χ3n) is 3.96. The van der Waals surface area contributed by atoms with Crippen LogP contribution in [0.4, 0.5) is 0 Å². The van der Waals surface area contributed by atoms with Gasteiger partial charge in [-0.15, -0.1) is 12.4 Å². The number of hydrogen-bond donors (Lipinski definition) is 2. The summed E-state index contributed by atoms with van der Waals surface area (Å²) >= 11 is 5.92. The first-order valence-corrected chi connectivity index (χ1v) is 7.86. The van der Waals surface area contributed by atoms with Crippen molar-refractivity contribution in [1.29, 1.82) is 0 Å². The Kier molecular flexibility index (Phi) is 8.61. The lowest BCUT2D eigenvalue weighted by Crippen LogP contribution is -2.29. The van der Waals surface area contributed by atoms with Gasteiger partial charge in [-0.05, 0) is 50.4 Å². The highest BCUT2D eigenvalue weighted by molar-refractivity contribution is 6.30. The molecule has 0 bridgehead atoms. The van der Waals surface area contributed by atoms with Crippen LogP contribution in [0.1, 0.15) is 31.2 Å². The second-order valence-corrected chi connectivity index (χ2v) is 5.90. The lowest BCUT2D eigenvalue weighted by molar-refractivity contribution is -0.121. The van der Waals surface area contributed by atoms with Crippen molar-refractivity contribution in [2.45, 2.75) is 32.2 Å². The molecule has 1 amide bonds. The molecule has 1 aliphatic heterocycles. The van der Waals surface area contributed by atoms with Gasteiger partial charge in [-0.3, -0.25) is 4.79 Å². The summed E-state index contributed by atoms with van der Waals surface area (Å²) in [4.78, 5) is 11.9. The van der Waals surface area contributed by atoms with Gasteiger partial charge in [-0.25, -0.2) is 0 Å². The number of nitrogens with one attached hydrogen (secondary N) is 2. The third kappa shape index (κ3) is 6.03. The number of benzene rings is 1. The van der Waals surface area contributed by atoms with E-state index in [1.54, 1.807) is 19.2 Å². The van der Waals surface area contributed by atoms with Gasteiger partial charge in [-0.1, -0.05) is 17.7 Å². The van der Waals surface area contributed by atoms with E-state index in [-0.39, 0.29) is 18.3 Å². The smallest absolute Gasteiger partial charge is 0.220 e. The largest absolute Gasteiger partial charge is 0.496 e. The number of amides is 1. The molecule has 2 rings (SSSR count). The Morgan fingerprint density at radius 3 is 2.82 bits per heavy atom. The first-order valence-electron chi connectivity index (χ1n) is 7.49. The Labute approximate surface area is 143 Å². The minimum Gasteiger partial charge on any atom is -0.496 e. The van der Waals surface area contributed by atoms with Crippen molar-refractivity contribution in [3.63, 3.8) is 0 Å². The fourth-order valence-corrected chi connectivity index (χ4v) is 2.81. The molecule has 1 aromatic carbocycles. The zero-order chi connectivity index (χ0) is 15.1. The van der Waals surface area contributed by atoms with Gasteiger partial charge in [0.05, 0.1) is 7.11 Å². The number of hydrogen-bond acceptors (Lipinski definition) is 3. The summed E-state index contributed by atoms with van der Waals surface area (Å²) in [5, 5.41) is 6.93. The van der Waals surface area contributed by atoms with Crippen molar-refractivity contribution in [2.24, 2.45) is 5.92 Å². The molecule has 2 N–H and O–H groups in total. The minimum absolute atomic E-state index is 0. The second-order valence-electron chi connectivity index (χ2n) is 5.46. The van der Waals surface area contributed by atoms with Gasteiger partial charge in [0.1, 0.15) is 5.75 Å². The average molecular weight is 347 g/mol. The third-order valence-corrected chi connectivity index (χ3v) is 4.20. The number of carbonyl (C=O) groups is 1. The predicted octanol–water partition coefficient (Wildman–Crippen LogP) is 3.17. The van der Waals surface area contributed by atoms with Crippen LogP contribution in [0.5, 0.6) is 5.75 Å². The van der Waals surface area contributed by atoms with E-state index >= 15 is 0 Å². The molecule has 0 atom stereocenters. The molecular formula is C16H24Cl2N2O2. The summed E-state index contributed by atoms with van der Waals surface area (Å²) in [6.45, 7) is 2.63. The van der Waals surface area contributed by atoms with E-state index < -0.39 is 0 Å². The molecule has 4 nitrogen and oxygen atoms in total. The molecule has 0 unspecified atom stereocenters. The quantitative estimate of drug-likeness (QED) is 0.831. The highest BCUT2D eigenvalue weighted by atomic mass is 35.5. The summed E-state index contributed by atoms with van der Waals surface area (Å²) < 4.78 is 5.27. The summed E-state index contributed by atoms with van der Waals surface area (Å²) in [7, 11) is 1.61. The van der Waals surface area contributed by atoms with Crippen molar-refractivity contribution in [1.82, 2.24) is 10.6 Å². The topological polar surface area (TPSA) is 50.4 Å². The van der Waals surface area contributed by atoms with Crippen LogP contribution in [0.15, 0.2) is 18.2 Å². The molecule has 0 saturated carbocycles. The Hall–Kier alpha value is -0.970. The predicted molar refractivity (Wildman–Crippen MR) is 91.9 cm³/mol. The molecule has 1 fully saturated rings. The average Bonchev–Trinajstić information content (AvgIpc) is 2.52. The maximum absolute atomic E-state index is 11.9. The lowest BCUT2D eigenvalue weighted by atomic mass is 9.93. The fraction of sp³-hybridized carbons (Fsp3) is 0.562. The summed E-state index contributed by atoms with van der Waals surface area (Å²) in [6.07, 6.45) is 3.93. The molecule has 22 heavy (non-hydrogen) atoms. The van der Waals surface area contributed by atoms with Crippen LogP contribution in [0.25, 0.3) is 0 Å². The highest BCUT2D eigenvalue weighted by Gasteiger charge is 2.14. The molecule has 0 spiro atoms. The SMILES string of the molecule is COc1cc(Cl)ccc1CNC(=O)CCC1CCNCC1.Cl. The van der Waals surface area contributed by atoms with Crippen LogP contribution in [-0.2, 0) is 11.3 Å². The zero-order valence-corrected chi connectivity index (χ0v) is 14.4. The van der Waals surface area contributed by atoms with Gasteiger partial charge in [-0.2, -0.15) is 0 Å². The van der Waals surface area contributed by atoms with Crippen LogP contribution in [0.2, 0.25) is 5.02 Å². The Morgan fingerprint density at radius 2 is 2.14 bits per heavy atom. The van der Waals surface area contributed by atoms with E-state index in [2.05, 4.69) is 10.6 Å². The lowest BCUT2D eigenvalue weighted by Gasteiger charge is -2.22. The minimum atomic E-state index is 0. The van der Waals surface area contributed by atoms with Gasteiger partial charge >= 0.3 is 0 Å². The summed E-state index contributed by atoms with van der Waals surface area (Å²) in [5.74, 6) is 1.49. The molecule has 0 aromatic heterocycles. The molecule has 1 aliphatic rings. The molecule has 1 aromatic rings. The van der Waals surface area contributed by atoms with E-state index in [4.69, 9.17) is 16.3 Å². The first-order chi connectivity index (χ1) is 10.2. The van der Waals surface area contributed by atoms with Crippen LogP contribution < -0.4 is 15.4 Å². The fourth-order valence-electron chi connectivity index (χ4n) is 2.65. The normalized spacial score (nSPS) is 15.0. The molecule has 6 heteroatoms. The van der Waals surface area contributed by atoms with E-state index in [9.17, 15) is 4.79 Å². The monoisotopic (exact) mass is 346 g/mol. The standard InChI is InChI=1S/C16H23ClN2O2.ClH/c1-21-15-10-14(17)4-3-13(15)11-19-16(20)5-2-12-6-8-18-9-7-12;/h3-4,10,12,18H,2,5-9,11H2,1H3,(H,19,20);1H.